The predicted octanol–water partition coefficient (Wildman–Crippen LogP) is 4.30. The number of amides is 1. The summed E-state index contributed by atoms with van der Waals surface area (Å²) in [5.74, 6) is 0.163. The molecule has 0 saturated carbocycles. The van der Waals surface area contributed by atoms with Crippen molar-refractivity contribution < 1.29 is 4.79 Å². The highest BCUT2D eigenvalue weighted by Gasteiger charge is 2.05. The fraction of sp³-hybridized carbons (Fsp3) is 0.316. The molecule has 2 N–H and O–H groups in total. The fourth-order valence-corrected chi connectivity index (χ4v) is 3.55. The Labute approximate surface area is 140 Å². The van der Waals surface area contributed by atoms with Crippen molar-refractivity contribution in [2.75, 3.05) is 6.54 Å². The minimum absolute atomic E-state index is 0.163. The number of hydrogen-bond acceptors (Lipinski definition) is 2. The number of unbranched alkanes of at least 4 members (excludes halogenated alkanes) is 1. The molecule has 2 heterocycles. The summed E-state index contributed by atoms with van der Waals surface area (Å²) in [6.07, 6.45) is 6.65. The van der Waals surface area contributed by atoms with Gasteiger partial charge in [-0.05, 0) is 48.8 Å². The molecule has 23 heavy (non-hydrogen) atoms. The van der Waals surface area contributed by atoms with Gasteiger partial charge in [0.25, 0.3) is 0 Å². The van der Waals surface area contributed by atoms with E-state index < -0.39 is 0 Å². The van der Waals surface area contributed by atoms with Crippen LogP contribution in [0.4, 0.5) is 0 Å². The SMILES string of the molecule is O=C(CCCCc1cccs1)NCCc1c[nH]c2ccccc12. The molecule has 0 bridgehead atoms. The van der Waals surface area contributed by atoms with Crippen molar-refractivity contribution in [3.63, 3.8) is 0 Å². The van der Waals surface area contributed by atoms with E-state index in [2.05, 4.69) is 39.9 Å². The quantitative estimate of drug-likeness (QED) is 0.596. The van der Waals surface area contributed by atoms with Crippen LogP contribution in [-0.4, -0.2) is 17.4 Å². The fourth-order valence-electron chi connectivity index (χ4n) is 2.80. The Balaban J connectivity index is 1.34. The molecule has 0 aliphatic heterocycles. The number of H-pyrrole nitrogens is 1. The predicted molar refractivity (Wildman–Crippen MR) is 96.9 cm³/mol. The molecule has 0 aliphatic rings. The van der Waals surface area contributed by atoms with E-state index in [1.54, 1.807) is 11.3 Å². The number of aromatic nitrogens is 1. The van der Waals surface area contributed by atoms with Gasteiger partial charge in [-0.3, -0.25) is 4.79 Å². The van der Waals surface area contributed by atoms with E-state index >= 15 is 0 Å². The highest BCUT2D eigenvalue weighted by Crippen LogP contribution is 2.17. The van der Waals surface area contributed by atoms with Crippen LogP contribution in [0.2, 0.25) is 0 Å². The van der Waals surface area contributed by atoms with E-state index in [9.17, 15) is 4.79 Å². The molecule has 4 heteroatoms. The van der Waals surface area contributed by atoms with Crippen molar-refractivity contribution in [3.05, 3.63) is 58.4 Å². The average Bonchev–Trinajstić information content (AvgIpc) is 3.22. The maximum atomic E-state index is 11.9. The van der Waals surface area contributed by atoms with Gasteiger partial charge < -0.3 is 10.3 Å². The van der Waals surface area contributed by atoms with Gasteiger partial charge in [-0.25, -0.2) is 0 Å². The van der Waals surface area contributed by atoms with E-state index in [1.165, 1.54) is 15.8 Å². The summed E-state index contributed by atoms with van der Waals surface area (Å²) < 4.78 is 0. The minimum atomic E-state index is 0.163. The van der Waals surface area contributed by atoms with E-state index in [4.69, 9.17) is 0 Å². The van der Waals surface area contributed by atoms with E-state index in [1.807, 2.05) is 18.3 Å². The molecule has 0 aliphatic carbocycles. The largest absolute Gasteiger partial charge is 0.361 e. The third-order valence-electron chi connectivity index (χ3n) is 4.05. The molecule has 0 radical (unpaired) electrons. The molecule has 120 valence electrons. The van der Waals surface area contributed by atoms with Crippen molar-refractivity contribution in [1.29, 1.82) is 0 Å². The third kappa shape index (κ3) is 4.45. The second kappa shape index (κ2) is 7.97. The van der Waals surface area contributed by atoms with E-state index in [-0.39, 0.29) is 5.91 Å². The number of carbonyl (C=O) groups is 1. The molecule has 0 saturated heterocycles. The molecule has 3 rings (SSSR count). The van der Waals surface area contributed by atoms with Crippen LogP contribution in [0.3, 0.4) is 0 Å². The van der Waals surface area contributed by atoms with Gasteiger partial charge in [0, 0.05) is 34.9 Å². The van der Waals surface area contributed by atoms with Gasteiger partial charge in [0.05, 0.1) is 0 Å². The van der Waals surface area contributed by atoms with Crippen LogP contribution in [0.5, 0.6) is 0 Å². The summed E-state index contributed by atoms with van der Waals surface area (Å²) in [6, 6.07) is 12.5. The summed E-state index contributed by atoms with van der Waals surface area (Å²) >= 11 is 1.79. The lowest BCUT2D eigenvalue weighted by Gasteiger charge is -2.05. The summed E-state index contributed by atoms with van der Waals surface area (Å²) in [4.78, 5) is 16.6. The molecule has 0 atom stereocenters. The number of para-hydroxylation sites is 1. The molecule has 3 nitrogen and oxygen atoms in total. The van der Waals surface area contributed by atoms with Crippen LogP contribution >= 0.6 is 11.3 Å². The molecule has 1 aromatic carbocycles. The number of aromatic amines is 1. The molecule has 0 spiro atoms. The zero-order valence-corrected chi connectivity index (χ0v) is 14.0. The Hall–Kier alpha value is -2.07. The van der Waals surface area contributed by atoms with Gasteiger partial charge >= 0.3 is 0 Å². The van der Waals surface area contributed by atoms with Crippen LogP contribution in [0.15, 0.2) is 48.0 Å². The Morgan fingerprint density at radius 2 is 2.00 bits per heavy atom. The van der Waals surface area contributed by atoms with Crippen LogP contribution in [0, 0.1) is 0 Å². The first-order valence-electron chi connectivity index (χ1n) is 8.17. The second-order valence-corrected chi connectivity index (χ2v) is 6.78. The van der Waals surface area contributed by atoms with E-state index in [0.717, 1.165) is 31.2 Å². The summed E-state index contributed by atoms with van der Waals surface area (Å²) in [6.45, 7) is 0.700. The number of thiophene rings is 1. The van der Waals surface area contributed by atoms with Gasteiger partial charge in [-0.2, -0.15) is 0 Å². The normalized spacial score (nSPS) is 11.0. The van der Waals surface area contributed by atoms with Gasteiger partial charge in [0.15, 0.2) is 0 Å². The number of rotatable bonds is 8. The van der Waals surface area contributed by atoms with Crippen LogP contribution in [-0.2, 0) is 17.6 Å². The number of carbonyl (C=O) groups excluding carboxylic acids is 1. The maximum Gasteiger partial charge on any atom is 0.220 e. The highest BCUT2D eigenvalue weighted by molar-refractivity contribution is 7.09. The molecule has 2 aromatic heterocycles. The lowest BCUT2D eigenvalue weighted by atomic mass is 10.1. The molecular formula is C19H22N2OS. The first kappa shape index (κ1) is 15.8. The number of hydrogen-bond donors (Lipinski definition) is 2. The number of fused-ring (bicyclic) bond motifs is 1. The van der Waals surface area contributed by atoms with Gasteiger partial charge in [0.1, 0.15) is 0 Å². The lowest BCUT2D eigenvalue weighted by Crippen LogP contribution is -2.25. The van der Waals surface area contributed by atoms with Crippen LogP contribution in [0.25, 0.3) is 10.9 Å². The third-order valence-corrected chi connectivity index (χ3v) is 4.98. The van der Waals surface area contributed by atoms with Crippen LogP contribution in [0.1, 0.15) is 29.7 Å². The first-order valence-corrected chi connectivity index (χ1v) is 9.05. The molecule has 3 aromatic rings. The number of benzene rings is 1. The Morgan fingerprint density at radius 1 is 1.09 bits per heavy atom. The van der Waals surface area contributed by atoms with Crippen molar-refractivity contribution in [3.8, 4) is 0 Å². The van der Waals surface area contributed by atoms with Crippen molar-refractivity contribution in [2.24, 2.45) is 0 Å². The first-order chi connectivity index (χ1) is 11.3. The van der Waals surface area contributed by atoms with Gasteiger partial charge in [-0.1, -0.05) is 24.3 Å². The Bertz CT molecular complexity index is 746. The van der Waals surface area contributed by atoms with Crippen molar-refractivity contribution in [2.45, 2.75) is 32.1 Å². The number of aryl methyl sites for hydroxylation is 1. The number of nitrogens with one attached hydrogen (secondary N) is 2. The van der Waals surface area contributed by atoms with Crippen molar-refractivity contribution in [1.82, 2.24) is 10.3 Å². The van der Waals surface area contributed by atoms with E-state index in [0.29, 0.717) is 13.0 Å². The highest BCUT2D eigenvalue weighted by atomic mass is 32.1. The minimum Gasteiger partial charge on any atom is -0.361 e. The van der Waals surface area contributed by atoms with Crippen LogP contribution < -0.4 is 5.32 Å². The average molecular weight is 326 g/mol. The summed E-state index contributed by atoms with van der Waals surface area (Å²) in [5, 5.41) is 6.38. The monoisotopic (exact) mass is 326 g/mol. The zero-order valence-electron chi connectivity index (χ0n) is 13.2. The molecule has 0 unspecified atom stereocenters. The Kier molecular flexibility index (Phi) is 5.48. The smallest absolute Gasteiger partial charge is 0.220 e. The standard InChI is InChI=1S/C19H22N2OS/c22-19(10-4-1-6-16-7-5-13-23-16)20-12-11-15-14-21-18-9-3-2-8-17(15)18/h2-3,5,7-9,13-14,21H,1,4,6,10-12H2,(H,20,22). The van der Waals surface area contributed by atoms with Gasteiger partial charge in [-0.15, -0.1) is 11.3 Å². The van der Waals surface area contributed by atoms with Gasteiger partial charge in [0.2, 0.25) is 5.91 Å². The lowest BCUT2D eigenvalue weighted by molar-refractivity contribution is -0.121. The Morgan fingerprint density at radius 3 is 2.87 bits per heavy atom. The summed E-state index contributed by atoms with van der Waals surface area (Å²) in [5.41, 5.74) is 2.42. The topological polar surface area (TPSA) is 44.9 Å². The zero-order chi connectivity index (χ0) is 15.9. The molecule has 0 fully saturated rings. The maximum absolute atomic E-state index is 11.9. The van der Waals surface area contributed by atoms with Crippen molar-refractivity contribution >= 4 is 28.1 Å². The molecular weight excluding hydrogens is 304 g/mol. The second-order valence-electron chi connectivity index (χ2n) is 5.75. The molecule has 1 amide bonds. The summed E-state index contributed by atoms with van der Waals surface area (Å²) in [7, 11) is 0.